The monoisotopic (exact) mass is 289 g/mol. The van der Waals surface area contributed by atoms with Gasteiger partial charge in [0.25, 0.3) is 0 Å². The molecule has 3 nitrogen and oxygen atoms in total. The average molecular weight is 290 g/mol. The molecule has 2 heterocycles. The van der Waals surface area contributed by atoms with Crippen LogP contribution in [-0.2, 0) is 7.05 Å². The van der Waals surface area contributed by atoms with Gasteiger partial charge in [0, 0.05) is 50.1 Å². The van der Waals surface area contributed by atoms with E-state index in [1.54, 1.807) is 0 Å². The van der Waals surface area contributed by atoms with E-state index in [4.69, 9.17) is 11.6 Å². The molecule has 2 aromatic rings. The second-order valence-corrected chi connectivity index (χ2v) is 5.66. The van der Waals surface area contributed by atoms with Crippen LogP contribution in [0.1, 0.15) is 17.3 Å². The summed E-state index contributed by atoms with van der Waals surface area (Å²) in [6, 6.07) is 12.7. The van der Waals surface area contributed by atoms with E-state index in [9.17, 15) is 0 Å². The number of hydrogen-bond acceptors (Lipinski definition) is 2. The number of aryl methyl sites for hydroxylation is 1. The van der Waals surface area contributed by atoms with E-state index in [2.05, 4.69) is 52.3 Å². The van der Waals surface area contributed by atoms with Gasteiger partial charge in [-0.2, -0.15) is 0 Å². The second kappa shape index (κ2) is 6.00. The smallest absolute Gasteiger partial charge is 0.0771 e. The molecule has 1 aromatic heterocycles. The van der Waals surface area contributed by atoms with Gasteiger partial charge >= 0.3 is 0 Å². The molecule has 0 amide bonds. The van der Waals surface area contributed by atoms with E-state index in [1.807, 2.05) is 12.1 Å². The summed E-state index contributed by atoms with van der Waals surface area (Å²) in [5.74, 6) is 0. The second-order valence-electron chi connectivity index (χ2n) is 5.25. The first-order valence-electron chi connectivity index (χ1n) is 7.08. The highest BCUT2D eigenvalue weighted by Crippen LogP contribution is 2.33. The van der Waals surface area contributed by atoms with Gasteiger partial charge < -0.3 is 9.88 Å². The van der Waals surface area contributed by atoms with Crippen molar-refractivity contribution in [2.45, 2.75) is 6.04 Å². The summed E-state index contributed by atoms with van der Waals surface area (Å²) < 4.78 is 2.19. The zero-order valence-corrected chi connectivity index (χ0v) is 12.5. The summed E-state index contributed by atoms with van der Waals surface area (Å²) in [4.78, 5) is 2.51. The molecule has 20 heavy (non-hydrogen) atoms. The lowest BCUT2D eigenvalue weighted by Gasteiger charge is -2.36. The van der Waals surface area contributed by atoms with E-state index in [1.165, 1.54) is 11.3 Å². The van der Waals surface area contributed by atoms with E-state index in [-0.39, 0.29) is 6.04 Å². The molecule has 1 N–H and O–H groups in total. The molecule has 0 spiro atoms. The topological polar surface area (TPSA) is 20.2 Å². The molecule has 1 atom stereocenters. The summed E-state index contributed by atoms with van der Waals surface area (Å²) in [6.45, 7) is 4.15. The number of hydrogen-bond donors (Lipinski definition) is 1. The van der Waals surface area contributed by atoms with E-state index in [0.29, 0.717) is 0 Å². The average Bonchev–Trinajstić information content (AvgIpc) is 2.89. The maximum atomic E-state index is 6.46. The van der Waals surface area contributed by atoms with Crippen LogP contribution < -0.4 is 5.32 Å². The maximum absolute atomic E-state index is 6.46. The third-order valence-corrected chi connectivity index (χ3v) is 4.32. The molecule has 3 rings (SSSR count). The fourth-order valence-electron chi connectivity index (χ4n) is 2.94. The number of nitrogens with one attached hydrogen (secondary N) is 1. The lowest BCUT2D eigenvalue weighted by molar-refractivity contribution is 0.193. The molecular formula is C16H20ClN3. The van der Waals surface area contributed by atoms with Crippen LogP contribution in [0.5, 0.6) is 0 Å². The fourth-order valence-corrected chi connectivity index (χ4v) is 3.18. The lowest BCUT2D eigenvalue weighted by atomic mass is 10.0. The third kappa shape index (κ3) is 2.62. The predicted molar refractivity (Wildman–Crippen MR) is 83.2 cm³/mol. The Morgan fingerprint density at radius 1 is 1.10 bits per heavy atom. The van der Waals surface area contributed by atoms with Crippen LogP contribution in [0.25, 0.3) is 0 Å². The minimum Gasteiger partial charge on any atom is -0.353 e. The lowest BCUT2D eigenvalue weighted by Crippen LogP contribution is -2.45. The first kappa shape index (κ1) is 13.7. The molecule has 1 saturated heterocycles. The molecule has 1 aliphatic heterocycles. The van der Waals surface area contributed by atoms with Crippen LogP contribution in [0.15, 0.2) is 42.6 Å². The Balaban J connectivity index is 2.03. The number of aromatic nitrogens is 1. The van der Waals surface area contributed by atoms with Crippen molar-refractivity contribution >= 4 is 11.6 Å². The van der Waals surface area contributed by atoms with E-state index in [0.717, 1.165) is 31.2 Å². The molecular weight excluding hydrogens is 270 g/mol. The predicted octanol–water partition coefficient (Wildman–Crippen LogP) is 2.67. The van der Waals surface area contributed by atoms with Crippen molar-refractivity contribution in [1.29, 1.82) is 0 Å². The molecule has 4 heteroatoms. The van der Waals surface area contributed by atoms with Gasteiger partial charge in [-0.1, -0.05) is 29.8 Å². The number of piperazine rings is 1. The number of nitrogens with zero attached hydrogens (tertiary/aromatic N) is 2. The van der Waals surface area contributed by atoms with Crippen LogP contribution >= 0.6 is 11.6 Å². The SMILES string of the molecule is Cn1cccc1C(c1ccccc1Cl)N1CCNCC1. The zero-order chi connectivity index (χ0) is 13.9. The Morgan fingerprint density at radius 3 is 2.50 bits per heavy atom. The molecule has 106 valence electrons. The van der Waals surface area contributed by atoms with Gasteiger partial charge in [-0.05, 0) is 23.8 Å². The largest absolute Gasteiger partial charge is 0.353 e. The Kier molecular flexibility index (Phi) is 4.10. The Morgan fingerprint density at radius 2 is 1.85 bits per heavy atom. The van der Waals surface area contributed by atoms with Crippen LogP contribution in [0.4, 0.5) is 0 Å². The molecule has 1 aliphatic rings. The molecule has 0 bridgehead atoms. The van der Waals surface area contributed by atoms with Crippen LogP contribution in [0.2, 0.25) is 5.02 Å². The Hall–Kier alpha value is -1.29. The minimum atomic E-state index is 0.228. The Bertz CT molecular complexity index is 573. The molecule has 1 fully saturated rings. The fraction of sp³-hybridized carbons (Fsp3) is 0.375. The van der Waals surface area contributed by atoms with E-state index >= 15 is 0 Å². The van der Waals surface area contributed by atoms with Gasteiger partial charge in [-0.3, -0.25) is 4.90 Å². The highest BCUT2D eigenvalue weighted by Gasteiger charge is 2.26. The van der Waals surface area contributed by atoms with Crippen molar-refractivity contribution in [2.75, 3.05) is 26.2 Å². The van der Waals surface area contributed by atoms with Gasteiger partial charge in [0.15, 0.2) is 0 Å². The van der Waals surface area contributed by atoms with Gasteiger partial charge in [0.2, 0.25) is 0 Å². The van der Waals surface area contributed by atoms with Gasteiger partial charge in [0.05, 0.1) is 6.04 Å². The van der Waals surface area contributed by atoms with Crippen LogP contribution in [0.3, 0.4) is 0 Å². The van der Waals surface area contributed by atoms with Crippen molar-refractivity contribution in [3.63, 3.8) is 0 Å². The van der Waals surface area contributed by atoms with E-state index < -0.39 is 0 Å². The van der Waals surface area contributed by atoms with Crippen LogP contribution in [-0.4, -0.2) is 35.6 Å². The van der Waals surface area contributed by atoms with Crippen molar-refractivity contribution in [3.8, 4) is 0 Å². The number of benzene rings is 1. The summed E-state index contributed by atoms with van der Waals surface area (Å²) in [6.07, 6.45) is 2.10. The molecule has 0 radical (unpaired) electrons. The van der Waals surface area contributed by atoms with Crippen molar-refractivity contribution in [3.05, 3.63) is 58.9 Å². The van der Waals surface area contributed by atoms with Gasteiger partial charge in [-0.15, -0.1) is 0 Å². The summed E-state index contributed by atoms with van der Waals surface area (Å²) >= 11 is 6.46. The van der Waals surface area contributed by atoms with Gasteiger partial charge in [-0.25, -0.2) is 0 Å². The molecule has 0 aliphatic carbocycles. The van der Waals surface area contributed by atoms with Crippen LogP contribution in [0, 0.1) is 0 Å². The Labute approximate surface area is 125 Å². The molecule has 0 saturated carbocycles. The summed E-state index contributed by atoms with van der Waals surface area (Å²) in [5, 5.41) is 4.26. The zero-order valence-electron chi connectivity index (χ0n) is 11.7. The number of rotatable bonds is 3. The minimum absolute atomic E-state index is 0.228. The maximum Gasteiger partial charge on any atom is 0.0771 e. The quantitative estimate of drug-likeness (QED) is 0.937. The van der Waals surface area contributed by atoms with Crippen molar-refractivity contribution < 1.29 is 0 Å². The standard InChI is InChI=1S/C16H20ClN3/c1-19-10-4-7-15(19)16(20-11-8-18-9-12-20)13-5-2-3-6-14(13)17/h2-7,10,16,18H,8-9,11-12H2,1H3. The number of halogens is 1. The first-order valence-corrected chi connectivity index (χ1v) is 7.45. The highest BCUT2D eigenvalue weighted by atomic mass is 35.5. The van der Waals surface area contributed by atoms with Crippen molar-refractivity contribution in [1.82, 2.24) is 14.8 Å². The summed E-state index contributed by atoms with van der Waals surface area (Å²) in [5.41, 5.74) is 2.48. The first-order chi connectivity index (χ1) is 9.77. The highest BCUT2D eigenvalue weighted by molar-refractivity contribution is 6.31. The summed E-state index contributed by atoms with van der Waals surface area (Å²) in [7, 11) is 2.10. The van der Waals surface area contributed by atoms with Gasteiger partial charge in [0.1, 0.15) is 0 Å². The molecule has 1 aromatic carbocycles. The normalized spacial score (nSPS) is 18.1. The molecule has 1 unspecified atom stereocenters. The third-order valence-electron chi connectivity index (χ3n) is 3.98. The van der Waals surface area contributed by atoms with Crippen molar-refractivity contribution in [2.24, 2.45) is 7.05 Å².